The lowest BCUT2D eigenvalue weighted by atomic mass is 9.79. The molecular formula is C18H33N5O4. The van der Waals surface area contributed by atoms with Gasteiger partial charge in [-0.05, 0) is 12.3 Å². The highest BCUT2D eigenvalue weighted by Crippen LogP contribution is 2.39. The van der Waals surface area contributed by atoms with Crippen molar-refractivity contribution < 1.29 is 19.5 Å². The molecule has 0 unspecified atom stereocenters. The van der Waals surface area contributed by atoms with Crippen molar-refractivity contribution in [3.05, 3.63) is 0 Å². The van der Waals surface area contributed by atoms with Crippen molar-refractivity contribution in [3.63, 3.8) is 0 Å². The predicted molar refractivity (Wildman–Crippen MR) is 103 cm³/mol. The van der Waals surface area contributed by atoms with E-state index in [1.807, 2.05) is 13.8 Å². The van der Waals surface area contributed by atoms with E-state index in [2.05, 4.69) is 15.6 Å². The number of hydrogen-bond donors (Lipinski definition) is 5. The highest BCUT2D eigenvalue weighted by molar-refractivity contribution is 5.79. The van der Waals surface area contributed by atoms with Crippen LogP contribution in [0.2, 0.25) is 0 Å². The van der Waals surface area contributed by atoms with Gasteiger partial charge in [-0.3, -0.25) is 14.4 Å². The predicted octanol–water partition coefficient (Wildman–Crippen LogP) is 0.185. The lowest BCUT2D eigenvalue weighted by molar-refractivity contribution is -0.142. The van der Waals surface area contributed by atoms with Crippen LogP contribution >= 0.6 is 0 Å². The smallest absolute Gasteiger partial charge is 0.308 e. The number of carboxylic acid groups (broad SMARTS) is 1. The summed E-state index contributed by atoms with van der Waals surface area (Å²) >= 11 is 0. The molecule has 9 nitrogen and oxygen atoms in total. The second-order valence-corrected chi connectivity index (χ2v) is 7.13. The number of carbonyl (C=O) groups excluding carboxylic acids is 2. The average Bonchev–Trinajstić information content (AvgIpc) is 2.91. The molecule has 0 spiro atoms. The van der Waals surface area contributed by atoms with Crippen molar-refractivity contribution >= 4 is 23.7 Å². The number of nitrogens with two attached hydrogens (primary N) is 2. The molecule has 2 amide bonds. The number of hydrogen-bond acceptors (Lipinski definition) is 4. The SMILES string of the molecule is CCC(=O)N[C@H]1[C@@H]([C@H](NC(C)=O)C(CC)CC)[C@H](N=C(N)N)C[C@@H]1C(=O)O. The molecule has 0 aromatic carbocycles. The summed E-state index contributed by atoms with van der Waals surface area (Å²) in [6.45, 7) is 7.16. The molecule has 5 atom stereocenters. The minimum absolute atomic E-state index is 0.101. The summed E-state index contributed by atoms with van der Waals surface area (Å²) in [5.74, 6) is -2.75. The Morgan fingerprint density at radius 3 is 2.19 bits per heavy atom. The van der Waals surface area contributed by atoms with Crippen LogP contribution in [-0.2, 0) is 14.4 Å². The highest BCUT2D eigenvalue weighted by Gasteiger charge is 2.51. The number of carbonyl (C=O) groups is 3. The van der Waals surface area contributed by atoms with E-state index in [0.717, 1.165) is 12.8 Å². The molecule has 1 fully saturated rings. The fourth-order valence-electron chi connectivity index (χ4n) is 4.16. The van der Waals surface area contributed by atoms with Crippen LogP contribution in [0.1, 0.15) is 53.4 Å². The fraction of sp³-hybridized carbons (Fsp3) is 0.778. The number of aliphatic imine (C=N–C) groups is 1. The van der Waals surface area contributed by atoms with Gasteiger partial charge in [-0.2, -0.15) is 0 Å². The number of nitrogens with zero attached hydrogens (tertiary/aromatic N) is 1. The van der Waals surface area contributed by atoms with Gasteiger partial charge in [-0.1, -0.05) is 33.6 Å². The molecule has 27 heavy (non-hydrogen) atoms. The Bertz CT molecular complexity index is 572. The number of amides is 2. The largest absolute Gasteiger partial charge is 0.481 e. The van der Waals surface area contributed by atoms with Gasteiger partial charge in [0.15, 0.2) is 5.96 Å². The van der Waals surface area contributed by atoms with Crippen LogP contribution in [0.4, 0.5) is 0 Å². The molecule has 154 valence electrons. The number of carboxylic acids is 1. The van der Waals surface area contributed by atoms with E-state index < -0.39 is 29.9 Å². The van der Waals surface area contributed by atoms with Crippen LogP contribution < -0.4 is 22.1 Å². The van der Waals surface area contributed by atoms with Gasteiger partial charge < -0.3 is 27.2 Å². The van der Waals surface area contributed by atoms with E-state index in [-0.39, 0.29) is 42.6 Å². The summed E-state index contributed by atoms with van der Waals surface area (Å²) in [5.41, 5.74) is 11.2. The summed E-state index contributed by atoms with van der Waals surface area (Å²) in [7, 11) is 0. The third kappa shape index (κ3) is 5.83. The molecule has 0 aromatic heterocycles. The Labute approximate surface area is 160 Å². The summed E-state index contributed by atoms with van der Waals surface area (Å²) < 4.78 is 0. The first kappa shape index (κ1) is 22.7. The van der Waals surface area contributed by atoms with Crippen molar-refractivity contribution in [2.24, 2.45) is 34.2 Å². The maximum Gasteiger partial charge on any atom is 0.308 e. The summed E-state index contributed by atoms with van der Waals surface area (Å²) in [6, 6.07) is -1.52. The first-order valence-corrected chi connectivity index (χ1v) is 9.54. The van der Waals surface area contributed by atoms with Crippen LogP contribution in [0.25, 0.3) is 0 Å². The van der Waals surface area contributed by atoms with Gasteiger partial charge in [0.05, 0.1) is 12.0 Å². The maximum absolute atomic E-state index is 12.1. The molecule has 1 saturated carbocycles. The minimum atomic E-state index is -1.01. The molecule has 0 heterocycles. The molecular weight excluding hydrogens is 350 g/mol. The number of guanidine groups is 1. The zero-order chi connectivity index (χ0) is 20.7. The van der Waals surface area contributed by atoms with Crippen LogP contribution in [0, 0.1) is 17.8 Å². The average molecular weight is 383 g/mol. The Hall–Kier alpha value is -2.32. The first-order chi connectivity index (χ1) is 12.7. The Morgan fingerprint density at radius 1 is 1.19 bits per heavy atom. The van der Waals surface area contributed by atoms with Crippen LogP contribution in [0.3, 0.4) is 0 Å². The van der Waals surface area contributed by atoms with Gasteiger partial charge >= 0.3 is 5.97 Å². The Kier molecular flexibility index (Phi) is 8.52. The van der Waals surface area contributed by atoms with Gasteiger partial charge in [0.2, 0.25) is 11.8 Å². The molecule has 0 aliphatic heterocycles. The number of rotatable bonds is 9. The zero-order valence-electron chi connectivity index (χ0n) is 16.6. The van der Waals surface area contributed by atoms with Crippen molar-refractivity contribution in [1.29, 1.82) is 0 Å². The molecule has 0 radical (unpaired) electrons. The van der Waals surface area contributed by atoms with E-state index in [1.54, 1.807) is 6.92 Å². The molecule has 1 rings (SSSR count). The van der Waals surface area contributed by atoms with Crippen molar-refractivity contribution in [2.75, 3.05) is 0 Å². The second kappa shape index (κ2) is 10.1. The Balaban J connectivity index is 3.44. The Morgan fingerprint density at radius 2 is 1.78 bits per heavy atom. The standard InChI is InChI=1S/C18H33N5O4/c1-5-10(6-2)15(21-9(4)24)14-12(22-18(19)20)8-11(17(26)27)16(14)23-13(25)7-3/h10-12,14-16H,5-8H2,1-4H3,(H,21,24)(H,23,25)(H,26,27)(H4,19,20,22)/t11-,12+,14+,15+,16+/m0/s1. The van der Waals surface area contributed by atoms with E-state index in [9.17, 15) is 19.5 Å². The minimum Gasteiger partial charge on any atom is -0.481 e. The van der Waals surface area contributed by atoms with E-state index in [0.29, 0.717) is 0 Å². The van der Waals surface area contributed by atoms with Crippen LogP contribution in [0.15, 0.2) is 4.99 Å². The van der Waals surface area contributed by atoms with Crippen molar-refractivity contribution in [1.82, 2.24) is 10.6 Å². The van der Waals surface area contributed by atoms with Gasteiger partial charge in [0, 0.05) is 31.3 Å². The lowest BCUT2D eigenvalue weighted by Crippen LogP contribution is -2.55. The first-order valence-electron chi connectivity index (χ1n) is 9.54. The number of nitrogens with one attached hydrogen (secondary N) is 2. The molecule has 0 saturated heterocycles. The third-order valence-corrected chi connectivity index (χ3v) is 5.41. The summed E-state index contributed by atoms with van der Waals surface area (Å²) in [5, 5.41) is 15.5. The second-order valence-electron chi connectivity index (χ2n) is 7.13. The quantitative estimate of drug-likeness (QED) is 0.282. The fourth-order valence-corrected chi connectivity index (χ4v) is 4.16. The summed E-state index contributed by atoms with van der Waals surface area (Å²) in [4.78, 5) is 40.1. The molecule has 7 N–H and O–H groups in total. The van der Waals surface area contributed by atoms with Gasteiger partial charge in [0.25, 0.3) is 0 Å². The van der Waals surface area contributed by atoms with Gasteiger partial charge in [-0.25, -0.2) is 4.99 Å². The van der Waals surface area contributed by atoms with E-state index in [4.69, 9.17) is 11.5 Å². The highest BCUT2D eigenvalue weighted by atomic mass is 16.4. The summed E-state index contributed by atoms with van der Waals surface area (Å²) in [6.07, 6.45) is 2.01. The molecule has 9 heteroatoms. The molecule has 0 aromatic rings. The maximum atomic E-state index is 12.1. The third-order valence-electron chi connectivity index (χ3n) is 5.41. The number of aliphatic carboxylic acids is 1. The van der Waals surface area contributed by atoms with Crippen LogP contribution in [-0.4, -0.2) is 47.0 Å². The van der Waals surface area contributed by atoms with Gasteiger partial charge in [-0.15, -0.1) is 0 Å². The van der Waals surface area contributed by atoms with Gasteiger partial charge in [0.1, 0.15) is 0 Å². The lowest BCUT2D eigenvalue weighted by Gasteiger charge is -2.37. The normalized spacial score (nSPS) is 25.7. The zero-order valence-corrected chi connectivity index (χ0v) is 16.6. The molecule has 1 aliphatic carbocycles. The van der Waals surface area contributed by atoms with Crippen molar-refractivity contribution in [3.8, 4) is 0 Å². The molecule has 0 bridgehead atoms. The monoisotopic (exact) mass is 383 g/mol. The van der Waals surface area contributed by atoms with Crippen LogP contribution in [0.5, 0.6) is 0 Å². The van der Waals surface area contributed by atoms with Crippen molar-refractivity contribution in [2.45, 2.75) is 71.5 Å². The topological polar surface area (TPSA) is 160 Å². The van der Waals surface area contributed by atoms with E-state index >= 15 is 0 Å². The van der Waals surface area contributed by atoms with E-state index in [1.165, 1.54) is 6.92 Å². The molecule has 1 aliphatic rings.